The molecule has 2 amide bonds. The Morgan fingerprint density at radius 2 is 1.57 bits per heavy atom. The van der Waals surface area contributed by atoms with Gasteiger partial charge in [-0.3, -0.25) is 13.9 Å². The fraction of sp³-hybridized carbons (Fsp3) is 0.394. The molecule has 1 aliphatic rings. The number of amides is 2. The highest BCUT2D eigenvalue weighted by Gasteiger charge is 2.31. The standard InChI is InChI=1S/C33H41N3O5S/c1-25-12-10-11-15-28(25)22-35(26(2)33(38)34-29-16-8-5-9-17-29)32(37)23-36(42(3,39)40)30-18-20-31(21-19-30)41-24-27-13-6-4-7-14-27/h4,6-7,10-15,18-21,26,29H,5,8-9,16-17,22-24H2,1-3H3,(H,34,38). The fourth-order valence-electron chi connectivity index (χ4n) is 5.19. The Labute approximate surface area is 249 Å². The molecule has 1 atom stereocenters. The van der Waals surface area contributed by atoms with Gasteiger partial charge in [0.1, 0.15) is 24.9 Å². The van der Waals surface area contributed by atoms with Gasteiger partial charge in [0.25, 0.3) is 0 Å². The van der Waals surface area contributed by atoms with Crippen molar-refractivity contribution in [3.63, 3.8) is 0 Å². The third-order valence-electron chi connectivity index (χ3n) is 7.77. The van der Waals surface area contributed by atoms with Crippen molar-refractivity contribution in [1.29, 1.82) is 0 Å². The Balaban J connectivity index is 1.52. The zero-order valence-electron chi connectivity index (χ0n) is 24.7. The molecule has 4 rings (SSSR count). The molecule has 1 aliphatic carbocycles. The van der Waals surface area contributed by atoms with E-state index in [1.807, 2.05) is 61.5 Å². The van der Waals surface area contributed by atoms with Crippen molar-refractivity contribution in [3.8, 4) is 5.75 Å². The molecule has 0 aromatic heterocycles. The second-order valence-corrected chi connectivity index (χ2v) is 12.9. The van der Waals surface area contributed by atoms with Gasteiger partial charge in [0.05, 0.1) is 11.9 Å². The molecule has 0 bridgehead atoms. The molecule has 1 N–H and O–H groups in total. The van der Waals surface area contributed by atoms with Gasteiger partial charge < -0.3 is 15.0 Å². The number of anilines is 1. The number of ether oxygens (including phenoxy) is 1. The third kappa shape index (κ3) is 8.58. The minimum Gasteiger partial charge on any atom is -0.489 e. The van der Waals surface area contributed by atoms with E-state index >= 15 is 0 Å². The zero-order valence-corrected chi connectivity index (χ0v) is 25.5. The van der Waals surface area contributed by atoms with Crippen LogP contribution in [0.25, 0.3) is 0 Å². The molecule has 0 heterocycles. The van der Waals surface area contributed by atoms with Crippen LogP contribution < -0.4 is 14.4 Å². The number of hydrogen-bond donors (Lipinski definition) is 1. The second-order valence-electron chi connectivity index (χ2n) is 11.0. The number of carbonyl (C=O) groups excluding carboxylic acids is 2. The molecule has 224 valence electrons. The highest BCUT2D eigenvalue weighted by atomic mass is 32.2. The molecular formula is C33H41N3O5S. The molecule has 1 fully saturated rings. The first-order chi connectivity index (χ1) is 20.1. The molecule has 42 heavy (non-hydrogen) atoms. The number of carbonyl (C=O) groups is 2. The molecule has 9 heteroatoms. The quantitative estimate of drug-likeness (QED) is 0.312. The summed E-state index contributed by atoms with van der Waals surface area (Å²) in [4.78, 5) is 28.7. The number of rotatable bonds is 12. The molecule has 3 aromatic carbocycles. The Morgan fingerprint density at radius 1 is 0.929 bits per heavy atom. The van der Waals surface area contributed by atoms with Gasteiger partial charge in [-0.15, -0.1) is 0 Å². The Bertz CT molecular complexity index is 1440. The summed E-state index contributed by atoms with van der Waals surface area (Å²) in [5, 5.41) is 3.12. The van der Waals surface area contributed by atoms with Gasteiger partial charge in [-0.2, -0.15) is 0 Å². The number of nitrogens with one attached hydrogen (secondary N) is 1. The Kier molecular flexibility index (Phi) is 10.6. The molecule has 1 saturated carbocycles. The second kappa shape index (κ2) is 14.4. The van der Waals surface area contributed by atoms with Crippen LogP contribution in [0.1, 0.15) is 55.7 Å². The van der Waals surface area contributed by atoms with E-state index in [9.17, 15) is 18.0 Å². The van der Waals surface area contributed by atoms with E-state index in [-0.39, 0.29) is 18.5 Å². The van der Waals surface area contributed by atoms with E-state index in [2.05, 4.69) is 5.32 Å². The maximum atomic E-state index is 13.9. The summed E-state index contributed by atoms with van der Waals surface area (Å²) in [6.45, 7) is 3.79. The number of benzene rings is 3. The van der Waals surface area contributed by atoms with Crippen LogP contribution in [0.2, 0.25) is 0 Å². The molecule has 0 radical (unpaired) electrons. The van der Waals surface area contributed by atoms with Gasteiger partial charge in [0, 0.05) is 12.6 Å². The SMILES string of the molecule is Cc1ccccc1CN(C(=O)CN(c1ccc(OCc2ccccc2)cc1)S(C)(=O)=O)C(C)C(=O)NC1CCCCC1. The summed E-state index contributed by atoms with van der Waals surface area (Å²) >= 11 is 0. The van der Waals surface area contributed by atoms with Crippen molar-refractivity contribution in [3.05, 3.63) is 95.6 Å². The average molecular weight is 592 g/mol. The van der Waals surface area contributed by atoms with Crippen LogP contribution in [0, 0.1) is 6.92 Å². The van der Waals surface area contributed by atoms with E-state index in [4.69, 9.17) is 4.74 Å². The van der Waals surface area contributed by atoms with Gasteiger partial charge in [-0.25, -0.2) is 8.42 Å². The van der Waals surface area contributed by atoms with Crippen molar-refractivity contribution < 1.29 is 22.7 Å². The third-order valence-corrected chi connectivity index (χ3v) is 8.91. The van der Waals surface area contributed by atoms with Crippen LogP contribution in [-0.2, 0) is 32.8 Å². The topological polar surface area (TPSA) is 96.0 Å². The summed E-state index contributed by atoms with van der Waals surface area (Å²) in [5.41, 5.74) is 3.24. The summed E-state index contributed by atoms with van der Waals surface area (Å²) < 4.78 is 32.7. The van der Waals surface area contributed by atoms with Crippen molar-refractivity contribution >= 4 is 27.5 Å². The number of nitrogens with zero attached hydrogens (tertiary/aromatic N) is 2. The van der Waals surface area contributed by atoms with Crippen LogP contribution in [0.5, 0.6) is 5.75 Å². The fourth-order valence-corrected chi connectivity index (χ4v) is 6.04. The predicted octanol–water partition coefficient (Wildman–Crippen LogP) is 5.21. The van der Waals surface area contributed by atoms with Crippen molar-refractivity contribution in [2.75, 3.05) is 17.1 Å². The molecule has 0 spiro atoms. The first-order valence-corrected chi connectivity index (χ1v) is 16.4. The number of hydrogen-bond acceptors (Lipinski definition) is 5. The first-order valence-electron chi connectivity index (χ1n) is 14.5. The summed E-state index contributed by atoms with van der Waals surface area (Å²) in [5.74, 6) is -0.106. The molecule has 8 nitrogen and oxygen atoms in total. The summed E-state index contributed by atoms with van der Waals surface area (Å²) in [6, 6.07) is 23.4. The lowest BCUT2D eigenvalue weighted by Gasteiger charge is -2.33. The average Bonchev–Trinajstić information content (AvgIpc) is 2.99. The Morgan fingerprint density at radius 3 is 2.21 bits per heavy atom. The number of aryl methyl sites for hydroxylation is 1. The van der Waals surface area contributed by atoms with Crippen LogP contribution in [0.3, 0.4) is 0 Å². The smallest absolute Gasteiger partial charge is 0.244 e. The van der Waals surface area contributed by atoms with E-state index in [1.165, 1.54) is 11.3 Å². The lowest BCUT2D eigenvalue weighted by Crippen LogP contribution is -2.53. The van der Waals surface area contributed by atoms with Gasteiger partial charge >= 0.3 is 0 Å². The largest absolute Gasteiger partial charge is 0.489 e. The van der Waals surface area contributed by atoms with Crippen LogP contribution in [-0.4, -0.2) is 50.0 Å². The lowest BCUT2D eigenvalue weighted by atomic mass is 9.95. The first kappa shape index (κ1) is 31.1. The van der Waals surface area contributed by atoms with Crippen molar-refractivity contribution in [1.82, 2.24) is 10.2 Å². The Hall–Kier alpha value is -3.85. The van der Waals surface area contributed by atoms with E-state index < -0.39 is 28.5 Å². The van der Waals surface area contributed by atoms with Gasteiger partial charge in [0.2, 0.25) is 21.8 Å². The van der Waals surface area contributed by atoms with Crippen LogP contribution in [0.4, 0.5) is 5.69 Å². The minimum absolute atomic E-state index is 0.0965. The maximum Gasteiger partial charge on any atom is 0.244 e. The minimum atomic E-state index is -3.82. The van der Waals surface area contributed by atoms with Gasteiger partial charge in [-0.05, 0) is 67.6 Å². The predicted molar refractivity (Wildman–Crippen MR) is 166 cm³/mol. The van der Waals surface area contributed by atoms with Crippen LogP contribution in [0.15, 0.2) is 78.9 Å². The molecule has 0 aliphatic heterocycles. The number of sulfonamides is 1. The normalized spacial score (nSPS) is 14.5. The zero-order chi connectivity index (χ0) is 30.1. The molecule has 1 unspecified atom stereocenters. The van der Waals surface area contributed by atoms with E-state index in [0.717, 1.165) is 52.9 Å². The highest BCUT2D eigenvalue weighted by molar-refractivity contribution is 7.92. The summed E-state index contributed by atoms with van der Waals surface area (Å²) in [6.07, 6.45) is 6.25. The van der Waals surface area contributed by atoms with Gasteiger partial charge in [0.15, 0.2) is 0 Å². The monoisotopic (exact) mass is 591 g/mol. The van der Waals surface area contributed by atoms with Crippen molar-refractivity contribution in [2.45, 2.75) is 71.2 Å². The maximum absolute atomic E-state index is 13.9. The van der Waals surface area contributed by atoms with E-state index in [1.54, 1.807) is 31.2 Å². The molecular weight excluding hydrogens is 550 g/mol. The van der Waals surface area contributed by atoms with Gasteiger partial charge in [-0.1, -0.05) is 73.9 Å². The van der Waals surface area contributed by atoms with Crippen molar-refractivity contribution in [2.24, 2.45) is 0 Å². The summed E-state index contributed by atoms with van der Waals surface area (Å²) in [7, 11) is -3.82. The molecule has 3 aromatic rings. The molecule has 0 saturated heterocycles. The lowest BCUT2D eigenvalue weighted by molar-refractivity contribution is -0.139. The van der Waals surface area contributed by atoms with Crippen LogP contribution >= 0.6 is 0 Å². The highest BCUT2D eigenvalue weighted by Crippen LogP contribution is 2.24. The van der Waals surface area contributed by atoms with E-state index in [0.29, 0.717) is 18.0 Å².